The first-order valence-electron chi connectivity index (χ1n) is 5.80. The number of ether oxygens (including phenoxy) is 1. The van der Waals surface area contributed by atoms with Gasteiger partial charge in [0, 0.05) is 31.5 Å². The molecular weight excluding hydrogens is 218 g/mol. The van der Waals surface area contributed by atoms with E-state index in [0.29, 0.717) is 18.7 Å². The van der Waals surface area contributed by atoms with Crippen molar-refractivity contribution < 1.29 is 9.84 Å². The number of rotatable bonds is 5. The Morgan fingerprint density at radius 1 is 1.41 bits per heavy atom. The van der Waals surface area contributed by atoms with Crippen LogP contribution in [-0.4, -0.2) is 23.4 Å². The van der Waals surface area contributed by atoms with Gasteiger partial charge in [-0.2, -0.15) is 0 Å². The van der Waals surface area contributed by atoms with Crippen molar-refractivity contribution >= 4 is 0 Å². The van der Waals surface area contributed by atoms with Crippen molar-refractivity contribution in [3.8, 4) is 0 Å². The van der Waals surface area contributed by atoms with Crippen LogP contribution in [-0.2, 0) is 16.9 Å². The summed E-state index contributed by atoms with van der Waals surface area (Å²) in [6.45, 7) is 6.38. The van der Waals surface area contributed by atoms with Gasteiger partial charge < -0.3 is 14.4 Å². The average Bonchev–Trinajstić information content (AvgIpc) is 2.21. The number of methoxy groups -OCH3 is 1. The molecule has 96 valence electrons. The summed E-state index contributed by atoms with van der Waals surface area (Å²) in [7, 11) is 1.64. The molecule has 4 nitrogen and oxygen atoms in total. The summed E-state index contributed by atoms with van der Waals surface area (Å²) in [6, 6.07) is 3.56. The lowest BCUT2D eigenvalue weighted by Gasteiger charge is -2.19. The first-order valence-corrected chi connectivity index (χ1v) is 5.80. The van der Waals surface area contributed by atoms with Gasteiger partial charge in [0.25, 0.3) is 5.56 Å². The quantitative estimate of drug-likeness (QED) is 0.791. The number of hydrogen-bond acceptors (Lipinski definition) is 3. The first-order chi connectivity index (χ1) is 7.88. The highest BCUT2D eigenvalue weighted by Gasteiger charge is 2.21. The van der Waals surface area contributed by atoms with Crippen LogP contribution in [0.1, 0.15) is 31.5 Å². The van der Waals surface area contributed by atoms with Crippen molar-refractivity contribution in [2.75, 3.05) is 13.7 Å². The highest BCUT2D eigenvalue weighted by atomic mass is 16.5. The van der Waals surface area contributed by atoms with E-state index in [0.717, 1.165) is 12.1 Å². The van der Waals surface area contributed by atoms with E-state index >= 15 is 0 Å². The standard InChI is InChI=1S/C13H21NO3/c1-10-6-7-11(13(2,3)16)12(15)14(10)8-5-9-17-4/h6-7,16H,5,8-9H2,1-4H3. The first kappa shape index (κ1) is 13.9. The summed E-state index contributed by atoms with van der Waals surface area (Å²) in [5.74, 6) is 0. The number of hydrogen-bond donors (Lipinski definition) is 1. The molecule has 1 heterocycles. The third kappa shape index (κ3) is 3.41. The minimum atomic E-state index is -1.10. The van der Waals surface area contributed by atoms with Crippen LogP contribution in [0.4, 0.5) is 0 Å². The lowest BCUT2D eigenvalue weighted by atomic mass is 9.99. The SMILES string of the molecule is COCCCn1c(C)ccc(C(C)(C)O)c1=O. The smallest absolute Gasteiger partial charge is 0.256 e. The van der Waals surface area contributed by atoms with E-state index in [-0.39, 0.29) is 5.56 Å². The largest absolute Gasteiger partial charge is 0.386 e. The molecule has 0 aliphatic rings. The molecule has 1 N–H and O–H groups in total. The molecule has 0 fully saturated rings. The van der Waals surface area contributed by atoms with Gasteiger partial charge >= 0.3 is 0 Å². The fourth-order valence-electron chi connectivity index (χ4n) is 1.78. The Balaban J connectivity index is 3.08. The summed E-state index contributed by atoms with van der Waals surface area (Å²) in [6.07, 6.45) is 0.784. The molecule has 0 saturated heterocycles. The van der Waals surface area contributed by atoms with Gasteiger partial charge in [0.1, 0.15) is 0 Å². The van der Waals surface area contributed by atoms with Crippen LogP contribution in [0.3, 0.4) is 0 Å². The van der Waals surface area contributed by atoms with Gasteiger partial charge in [-0.1, -0.05) is 0 Å². The van der Waals surface area contributed by atoms with E-state index in [1.165, 1.54) is 0 Å². The molecule has 0 aromatic carbocycles. The average molecular weight is 239 g/mol. The van der Waals surface area contributed by atoms with Crippen molar-refractivity contribution in [1.29, 1.82) is 0 Å². The molecule has 0 bridgehead atoms. The molecular formula is C13H21NO3. The highest BCUT2D eigenvalue weighted by Crippen LogP contribution is 2.15. The maximum absolute atomic E-state index is 12.2. The van der Waals surface area contributed by atoms with Gasteiger partial charge in [0.05, 0.1) is 5.60 Å². The van der Waals surface area contributed by atoms with E-state index in [9.17, 15) is 9.90 Å². The fourth-order valence-corrected chi connectivity index (χ4v) is 1.78. The Hall–Kier alpha value is -1.13. The lowest BCUT2D eigenvalue weighted by molar-refractivity contribution is 0.0763. The molecule has 0 aliphatic heterocycles. The number of aryl methyl sites for hydroxylation is 1. The molecule has 17 heavy (non-hydrogen) atoms. The zero-order valence-electron chi connectivity index (χ0n) is 11.0. The van der Waals surface area contributed by atoms with Crippen LogP contribution in [0.25, 0.3) is 0 Å². The van der Waals surface area contributed by atoms with Crippen LogP contribution in [0, 0.1) is 6.92 Å². The van der Waals surface area contributed by atoms with Crippen molar-refractivity contribution in [2.24, 2.45) is 0 Å². The predicted molar refractivity (Wildman–Crippen MR) is 67.2 cm³/mol. The molecule has 0 amide bonds. The van der Waals surface area contributed by atoms with Crippen LogP contribution in [0.5, 0.6) is 0 Å². The van der Waals surface area contributed by atoms with E-state index in [4.69, 9.17) is 4.74 Å². The Labute approximate surface area is 102 Å². The zero-order valence-corrected chi connectivity index (χ0v) is 11.0. The number of nitrogens with zero attached hydrogens (tertiary/aromatic N) is 1. The molecule has 0 unspecified atom stereocenters. The van der Waals surface area contributed by atoms with E-state index in [1.54, 1.807) is 31.6 Å². The van der Waals surface area contributed by atoms with Crippen LogP contribution >= 0.6 is 0 Å². The second-order valence-electron chi connectivity index (χ2n) is 4.75. The summed E-state index contributed by atoms with van der Waals surface area (Å²) >= 11 is 0. The third-order valence-corrected chi connectivity index (χ3v) is 2.78. The van der Waals surface area contributed by atoms with Crippen molar-refractivity contribution in [2.45, 2.75) is 39.3 Å². The van der Waals surface area contributed by atoms with Gasteiger partial charge in [-0.15, -0.1) is 0 Å². The number of aliphatic hydroxyl groups is 1. The van der Waals surface area contributed by atoms with Crippen molar-refractivity contribution in [3.63, 3.8) is 0 Å². The van der Waals surface area contributed by atoms with Gasteiger partial charge in [-0.25, -0.2) is 0 Å². The predicted octanol–water partition coefficient (Wildman–Crippen LogP) is 1.42. The number of pyridine rings is 1. The molecule has 0 aliphatic carbocycles. The Morgan fingerprint density at radius 3 is 2.59 bits per heavy atom. The van der Waals surface area contributed by atoms with E-state index < -0.39 is 5.60 Å². The summed E-state index contributed by atoms with van der Waals surface area (Å²) in [5, 5.41) is 9.92. The topological polar surface area (TPSA) is 51.5 Å². The minimum absolute atomic E-state index is 0.117. The Kier molecular flexibility index (Phi) is 4.48. The highest BCUT2D eigenvalue weighted by molar-refractivity contribution is 5.20. The van der Waals surface area contributed by atoms with Crippen LogP contribution in [0.2, 0.25) is 0 Å². The summed E-state index contributed by atoms with van der Waals surface area (Å²) in [4.78, 5) is 12.2. The molecule has 1 rings (SSSR count). The molecule has 0 spiro atoms. The number of aromatic nitrogens is 1. The second kappa shape index (κ2) is 5.47. The monoisotopic (exact) mass is 239 g/mol. The zero-order chi connectivity index (χ0) is 13.1. The van der Waals surface area contributed by atoms with Gasteiger partial charge in [-0.3, -0.25) is 4.79 Å². The third-order valence-electron chi connectivity index (χ3n) is 2.78. The minimum Gasteiger partial charge on any atom is -0.386 e. The van der Waals surface area contributed by atoms with E-state index in [1.807, 2.05) is 13.0 Å². The lowest BCUT2D eigenvalue weighted by Crippen LogP contribution is -2.33. The van der Waals surface area contributed by atoms with Gasteiger partial charge in [0.2, 0.25) is 0 Å². The second-order valence-corrected chi connectivity index (χ2v) is 4.75. The van der Waals surface area contributed by atoms with Crippen LogP contribution in [0.15, 0.2) is 16.9 Å². The maximum atomic E-state index is 12.2. The Morgan fingerprint density at radius 2 is 2.06 bits per heavy atom. The van der Waals surface area contributed by atoms with Gasteiger partial charge in [-0.05, 0) is 39.3 Å². The van der Waals surface area contributed by atoms with Gasteiger partial charge in [0.15, 0.2) is 0 Å². The normalized spacial score (nSPS) is 11.8. The van der Waals surface area contributed by atoms with Crippen molar-refractivity contribution in [3.05, 3.63) is 33.7 Å². The molecule has 0 atom stereocenters. The van der Waals surface area contributed by atoms with E-state index in [2.05, 4.69) is 0 Å². The molecule has 0 radical (unpaired) electrons. The maximum Gasteiger partial charge on any atom is 0.256 e. The molecule has 1 aromatic rings. The fraction of sp³-hybridized carbons (Fsp3) is 0.615. The molecule has 0 saturated carbocycles. The summed E-state index contributed by atoms with van der Waals surface area (Å²) < 4.78 is 6.66. The molecule has 4 heteroatoms. The summed E-state index contributed by atoms with van der Waals surface area (Å²) in [5.41, 5.74) is 0.113. The Bertz CT molecular complexity index is 429. The molecule has 1 aromatic heterocycles. The van der Waals surface area contributed by atoms with Crippen LogP contribution < -0.4 is 5.56 Å². The van der Waals surface area contributed by atoms with Crippen molar-refractivity contribution in [1.82, 2.24) is 4.57 Å².